The molecule has 0 amide bonds. The van der Waals surface area contributed by atoms with Crippen molar-refractivity contribution < 1.29 is 0 Å². The van der Waals surface area contributed by atoms with E-state index in [4.69, 9.17) is 5.26 Å². The van der Waals surface area contributed by atoms with Gasteiger partial charge in [-0.1, -0.05) is 59.8 Å². The van der Waals surface area contributed by atoms with E-state index in [0.29, 0.717) is 12.2 Å². The first-order valence-electron chi connectivity index (χ1n) is 7.33. The maximum atomic E-state index is 8.84. The van der Waals surface area contributed by atoms with Gasteiger partial charge in [0.1, 0.15) is 5.82 Å². The highest BCUT2D eigenvalue weighted by atomic mass is 32.2. The first-order valence-corrected chi connectivity index (χ1v) is 8.31. The Balaban J connectivity index is 2.00. The number of aromatic nitrogens is 3. The third-order valence-electron chi connectivity index (χ3n) is 3.46. The number of hydrogen-bond acceptors (Lipinski definition) is 4. The van der Waals surface area contributed by atoms with Gasteiger partial charge in [0.15, 0.2) is 5.16 Å². The molecule has 3 rings (SSSR count). The van der Waals surface area contributed by atoms with Gasteiger partial charge in [-0.15, -0.1) is 10.2 Å². The molecule has 4 nitrogen and oxygen atoms in total. The summed E-state index contributed by atoms with van der Waals surface area (Å²) in [5, 5.41) is 18.2. The minimum absolute atomic E-state index is 0.356. The SMILES string of the molecule is Cc1ccc(-n2c(Cc3ccccc3)nnc2SCC#N)cc1. The number of hydrogen-bond donors (Lipinski definition) is 0. The Bertz CT molecular complexity index is 816. The Hall–Kier alpha value is -2.58. The average Bonchev–Trinajstić information content (AvgIpc) is 2.97. The fourth-order valence-electron chi connectivity index (χ4n) is 2.34. The minimum atomic E-state index is 0.356. The smallest absolute Gasteiger partial charge is 0.196 e. The minimum Gasteiger partial charge on any atom is -0.274 e. The Kier molecular flexibility index (Phi) is 4.74. The third-order valence-corrected chi connectivity index (χ3v) is 4.26. The molecule has 0 saturated heterocycles. The van der Waals surface area contributed by atoms with Crippen LogP contribution in [-0.2, 0) is 6.42 Å². The van der Waals surface area contributed by atoms with E-state index in [9.17, 15) is 0 Å². The predicted octanol–water partition coefficient (Wildman–Crippen LogP) is 3.78. The lowest BCUT2D eigenvalue weighted by Crippen LogP contribution is -2.04. The highest BCUT2D eigenvalue weighted by molar-refractivity contribution is 7.99. The van der Waals surface area contributed by atoms with E-state index in [2.05, 4.69) is 59.6 Å². The first-order chi connectivity index (χ1) is 11.3. The van der Waals surface area contributed by atoms with Gasteiger partial charge in [0.25, 0.3) is 0 Å². The molecule has 2 aromatic carbocycles. The summed E-state index contributed by atoms with van der Waals surface area (Å²) in [6.45, 7) is 2.06. The lowest BCUT2D eigenvalue weighted by Gasteiger charge is -2.10. The van der Waals surface area contributed by atoms with Crippen LogP contribution in [0.3, 0.4) is 0 Å². The zero-order valence-corrected chi connectivity index (χ0v) is 13.6. The summed E-state index contributed by atoms with van der Waals surface area (Å²) in [6, 6.07) is 20.6. The second kappa shape index (κ2) is 7.12. The molecule has 0 saturated carbocycles. The topological polar surface area (TPSA) is 54.5 Å². The summed E-state index contributed by atoms with van der Waals surface area (Å²) in [4.78, 5) is 0. The molecule has 0 aliphatic carbocycles. The van der Waals surface area contributed by atoms with Crippen molar-refractivity contribution in [3.8, 4) is 11.8 Å². The predicted molar refractivity (Wildman–Crippen MR) is 91.7 cm³/mol. The molecule has 0 radical (unpaired) electrons. The summed E-state index contributed by atoms with van der Waals surface area (Å²) < 4.78 is 2.04. The van der Waals surface area contributed by atoms with E-state index in [1.54, 1.807) is 0 Å². The second-order valence-electron chi connectivity index (χ2n) is 5.18. The zero-order valence-electron chi connectivity index (χ0n) is 12.8. The number of aryl methyl sites for hydroxylation is 1. The van der Waals surface area contributed by atoms with Crippen molar-refractivity contribution in [2.24, 2.45) is 0 Å². The number of nitrogens with zero attached hydrogens (tertiary/aromatic N) is 4. The van der Waals surface area contributed by atoms with Crippen LogP contribution in [0.2, 0.25) is 0 Å². The molecule has 1 aromatic heterocycles. The van der Waals surface area contributed by atoms with Crippen molar-refractivity contribution in [1.82, 2.24) is 14.8 Å². The number of benzene rings is 2. The lowest BCUT2D eigenvalue weighted by molar-refractivity contribution is 0.848. The molecule has 1 heterocycles. The van der Waals surface area contributed by atoms with Gasteiger partial charge < -0.3 is 0 Å². The van der Waals surface area contributed by atoms with Gasteiger partial charge in [-0.25, -0.2) is 0 Å². The molecule has 0 N–H and O–H groups in total. The number of nitriles is 1. The Morgan fingerprint density at radius 3 is 2.48 bits per heavy atom. The van der Waals surface area contributed by atoms with Crippen molar-refractivity contribution in [1.29, 1.82) is 5.26 Å². The summed E-state index contributed by atoms with van der Waals surface area (Å²) in [5.74, 6) is 1.23. The summed E-state index contributed by atoms with van der Waals surface area (Å²) in [7, 11) is 0. The van der Waals surface area contributed by atoms with E-state index < -0.39 is 0 Å². The highest BCUT2D eigenvalue weighted by Gasteiger charge is 2.14. The summed E-state index contributed by atoms with van der Waals surface area (Å²) >= 11 is 1.41. The molecule has 0 aliphatic rings. The van der Waals surface area contributed by atoms with E-state index in [1.807, 2.05) is 22.8 Å². The Morgan fingerprint density at radius 2 is 1.78 bits per heavy atom. The monoisotopic (exact) mass is 320 g/mol. The Labute approximate surface area is 139 Å². The van der Waals surface area contributed by atoms with Crippen LogP contribution in [0.4, 0.5) is 0 Å². The largest absolute Gasteiger partial charge is 0.274 e. The van der Waals surface area contributed by atoms with Crippen molar-refractivity contribution in [3.05, 3.63) is 71.5 Å². The van der Waals surface area contributed by atoms with Crippen molar-refractivity contribution >= 4 is 11.8 Å². The van der Waals surface area contributed by atoms with E-state index in [-0.39, 0.29) is 0 Å². The van der Waals surface area contributed by atoms with E-state index in [0.717, 1.165) is 16.7 Å². The maximum Gasteiger partial charge on any atom is 0.196 e. The first kappa shape index (κ1) is 15.3. The normalized spacial score (nSPS) is 10.4. The van der Waals surface area contributed by atoms with Gasteiger partial charge in [0, 0.05) is 12.1 Å². The fourth-order valence-corrected chi connectivity index (χ4v) is 2.97. The van der Waals surface area contributed by atoms with Crippen LogP contribution in [0, 0.1) is 18.3 Å². The molecule has 0 fully saturated rings. The van der Waals surface area contributed by atoms with E-state index >= 15 is 0 Å². The molecular weight excluding hydrogens is 304 g/mol. The molecule has 0 aliphatic heterocycles. The van der Waals surface area contributed by atoms with Crippen LogP contribution in [0.15, 0.2) is 59.8 Å². The van der Waals surface area contributed by atoms with Crippen molar-refractivity contribution in [2.75, 3.05) is 5.75 Å². The third kappa shape index (κ3) is 3.61. The van der Waals surface area contributed by atoms with Crippen molar-refractivity contribution in [2.45, 2.75) is 18.5 Å². The van der Waals surface area contributed by atoms with Gasteiger partial charge in [-0.3, -0.25) is 4.57 Å². The standard InChI is InChI=1S/C18H16N4S/c1-14-7-9-16(10-8-14)22-17(13-15-5-3-2-4-6-15)20-21-18(22)23-12-11-19/h2-10H,12-13H2,1H3. The highest BCUT2D eigenvalue weighted by Crippen LogP contribution is 2.23. The van der Waals surface area contributed by atoms with Crippen LogP contribution in [0.1, 0.15) is 17.0 Å². The van der Waals surface area contributed by atoms with Crippen LogP contribution in [0.25, 0.3) is 5.69 Å². The van der Waals surface area contributed by atoms with E-state index in [1.165, 1.54) is 22.9 Å². The van der Waals surface area contributed by atoms with Gasteiger partial charge in [0.05, 0.1) is 11.8 Å². The van der Waals surface area contributed by atoms with Crippen LogP contribution in [-0.4, -0.2) is 20.5 Å². The maximum absolute atomic E-state index is 8.84. The molecule has 23 heavy (non-hydrogen) atoms. The van der Waals surface area contributed by atoms with Crippen LogP contribution in [0.5, 0.6) is 0 Å². The molecule has 114 valence electrons. The van der Waals surface area contributed by atoms with Gasteiger partial charge >= 0.3 is 0 Å². The van der Waals surface area contributed by atoms with Crippen LogP contribution >= 0.6 is 11.8 Å². The number of thioether (sulfide) groups is 1. The summed E-state index contributed by atoms with van der Waals surface area (Å²) in [5.41, 5.74) is 3.41. The Morgan fingerprint density at radius 1 is 1.04 bits per heavy atom. The lowest BCUT2D eigenvalue weighted by atomic mass is 10.1. The average molecular weight is 320 g/mol. The van der Waals surface area contributed by atoms with Crippen LogP contribution < -0.4 is 0 Å². The molecular formula is C18H16N4S. The molecule has 3 aromatic rings. The second-order valence-corrected chi connectivity index (χ2v) is 6.12. The molecule has 0 atom stereocenters. The van der Waals surface area contributed by atoms with Gasteiger partial charge in [0.2, 0.25) is 0 Å². The molecule has 0 bridgehead atoms. The fraction of sp³-hybridized carbons (Fsp3) is 0.167. The molecule has 0 spiro atoms. The molecule has 5 heteroatoms. The van der Waals surface area contributed by atoms with Gasteiger partial charge in [-0.05, 0) is 24.6 Å². The summed E-state index contributed by atoms with van der Waals surface area (Å²) in [6.07, 6.45) is 0.703. The van der Waals surface area contributed by atoms with Gasteiger partial charge in [-0.2, -0.15) is 5.26 Å². The quantitative estimate of drug-likeness (QED) is 0.671. The molecule has 0 unspecified atom stereocenters. The zero-order chi connectivity index (χ0) is 16.1. The van der Waals surface area contributed by atoms with Crippen molar-refractivity contribution in [3.63, 3.8) is 0 Å². The number of rotatable bonds is 5.